The van der Waals surface area contributed by atoms with E-state index in [-0.39, 0.29) is 17.4 Å². The van der Waals surface area contributed by atoms with Gasteiger partial charge in [0.25, 0.3) is 0 Å². The highest BCUT2D eigenvalue weighted by molar-refractivity contribution is 6.16. The third-order valence-corrected chi connectivity index (χ3v) is 3.76. The fraction of sp³-hybridized carbons (Fsp3) is 0.222. The number of hydrogen-bond acceptors (Lipinski definition) is 4. The predicted molar refractivity (Wildman–Crippen MR) is 94.0 cm³/mol. The summed E-state index contributed by atoms with van der Waals surface area (Å²) in [6.45, 7) is 2.69. The van der Waals surface area contributed by atoms with Crippen molar-refractivity contribution in [2.24, 2.45) is 0 Å². The van der Waals surface area contributed by atoms with Crippen LogP contribution in [0.3, 0.4) is 0 Å². The summed E-state index contributed by atoms with van der Waals surface area (Å²) in [7, 11) is 0. The maximum Gasteiger partial charge on any atom is 0.165 e. The molecule has 0 unspecified atom stereocenters. The molecule has 3 aromatic rings. The Morgan fingerprint density at radius 3 is 2.75 bits per heavy atom. The van der Waals surface area contributed by atoms with Gasteiger partial charge in [-0.25, -0.2) is 14.4 Å². The van der Waals surface area contributed by atoms with Crippen LogP contribution in [0.4, 0.5) is 10.2 Å². The first-order chi connectivity index (χ1) is 11.7. The molecular formula is C18H17ClFN3O. The van der Waals surface area contributed by atoms with Crippen LogP contribution in [0, 0.1) is 5.82 Å². The molecule has 0 atom stereocenters. The van der Waals surface area contributed by atoms with Crippen molar-refractivity contribution in [2.75, 3.05) is 11.9 Å². The molecule has 24 heavy (non-hydrogen) atoms. The molecule has 0 aliphatic rings. The number of rotatable bonds is 6. The Balaban J connectivity index is 1.84. The second-order valence-electron chi connectivity index (χ2n) is 5.19. The molecule has 0 aliphatic heterocycles. The third kappa shape index (κ3) is 3.57. The van der Waals surface area contributed by atoms with Crippen LogP contribution in [0.5, 0.6) is 5.75 Å². The molecule has 0 amide bonds. The van der Waals surface area contributed by atoms with Gasteiger partial charge in [0.05, 0.1) is 18.0 Å². The third-order valence-electron chi connectivity index (χ3n) is 3.53. The zero-order valence-corrected chi connectivity index (χ0v) is 14.0. The van der Waals surface area contributed by atoms with Gasteiger partial charge in [-0.2, -0.15) is 0 Å². The first-order valence-electron chi connectivity index (χ1n) is 7.68. The number of alkyl halides is 1. The highest BCUT2D eigenvalue weighted by Crippen LogP contribution is 2.23. The zero-order valence-electron chi connectivity index (χ0n) is 13.2. The van der Waals surface area contributed by atoms with E-state index in [0.29, 0.717) is 24.8 Å². The molecule has 0 bridgehead atoms. The maximum absolute atomic E-state index is 13.9. The molecule has 0 saturated carbocycles. The SMILES string of the molecule is CCOc1ccc(CNc2nc(CCl)nc3ccccc23)cc1F. The molecule has 0 saturated heterocycles. The average molecular weight is 346 g/mol. The Bertz CT molecular complexity index is 857. The van der Waals surface area contributed by atoms with Crippen LogP contribution < -0.4 is 10.1 Å². The molecule has 1 aromatic heterocycles. The van der Waals surface area contributed by atoms with Crippen LogP contribution in [0.2, 0.25) is 0 Å². The number of nitrogens with one attached hydrogen (secondary N) is 1. The van der Waals surface area contributed by atoms with Crippen LogP contribution in [0.25, 0.3) is 10.9 Å². The number of ether oxygens (including phenoxy) is 1. The van der Waals surface area contributed by atoms with Crippen LogP contribution in [-0.2, 0) is 12.4 Å². The lowest BCUT2D eigenvalue weighted by molar-refractivity contribution is 0.321. The highest BCUT2D eigenvalue weighted by atomic mass is 35.5. The summed E-state index contributed by atoms with van der Waals surface area (Å²) < 4.78 is 19.2. The smallest absolute Gasteiger partial charge is 0.165 e. The average Bonchev–Trinajstić information content (AvgIpc) is 2.61. The lowest BCUT2D eigenvalue weighted by atomic mass is 10.2. The van der Waals surface area contributed by atoms with E-state index < -0.39 is 0 Å². The van der Waals surface area contributed by atoms with Gasteiger partial charge in [-0.15, -0.1) is 11.6 Å². The van der Waals surface area contributed by atoms with Gasteiger partial charge in [0.15, 0.2) is 11.6 Å². The maximum atomic E-state index is 13.9. The number of para-hydroxylation sites is 1. The summed E-state index contributed by atoms with van der Waals surface area (Å²) >= 11 is 5.87. The lowest BCUT2D eigenvalue weighted by Gasteiger charge is -2.11. The Kier molecular flexibility index (Phi) is 5.11. The molecule has 0 spiro atoms. The molecule has 1 heterocycles. The van der Waals surface area contributed by atoms with E-state index in [2.05, 4.69) is 15.3 Å². The number of fused-ring (bicyclic) bond motifs is 1. The quantitative estimate of drug-likeness (QED) is 0.667. The van der Waals surface area contributed by atoms with Crippen molar-refractivity contribution in [3.05, 3.63) is 59.7 Å². The second-order valence-corrected chi connectivity index (χ2v) is 5.46. The molecule has 0 radical (unpaired) electrons. The largest absolute Gasteiger partial charge is 0.491 e. The molecule has 2 aromatic carbocycles. The molecule has 124 valence electrons. The number of benzene rings is 2. The Morgan fingerprint density at radius 1 is 1.17 bits per heavy atom. The normalized spacial score (nSPS) is 10.8. The predicted octanol–water partition coefficient (Wildman–Crippen LogP) is 4.52. The van der Waals surface area contributed by atoms with E-state index in [9.17, 15) is 4.39 Å². The van der Waals surface area contributed by atoms with E-state index >= 15 is 0 Å². The van der Waals surface area contributed by atoms with E-state index in [1.807, 2.05) is 37.3 Å². The number of halogens is 2. The minimum atomic E-state index is -0.370. The Labute approximate surface area is 144 Å². The lowest BCUT2D eigenvalue weighted by Crippen LogP contribution is -2.05. The molecule has 1 N–H and O–H groups in total. The molecular weight excluding hydrogens is 329 g/mol. The number of anilines is 1. The minimum Gasteiger partial charge on any atom is -0.491 e. The van der Waals surface area contributed by atoms with Crippen molar-refractivity contribution >= 4 is 28.3 Å². The second kappa shape index (κ2) is 7.45. The van der Waals surface area contributed by atoms with Gasteiger partial charge >= 0.3 is 0 Å². The summed E-state index contributed by atoms with van der Waals surface area (Å²) in [6.07, 6.45) is 0. The summed E-state index contributed by atoms with van der Waals surface area (Å²) in [5.41, 5.74) is 1.62. The number of hydrogen-bond donors (Lipinski definition) is 1. The van der Waals surface area contributed by atoms with Crippen molar-refractivity contribution in [2.45, 2.75) is 19.3 Å². The molecule has 3 rings (SSSR count). The van der Waals surface area contributed by atoms with E-state index in [1.54, 1.807) is 6.07 Å². The van der Waals surface area contributed by atoms with E-state index in [4.69, 9.17) is 16.3 Å². The minimum absolute atomic E-state index is 0.233. The number of aromatic nitrogens is 2. The van der Waals surface area contributed by atoms with Gasteiger partial charge in [-0.3, -0.25) is 0 Å². The molecule has 0 fully saturated rings. The number of nitrogens with zero attached hydrogens (tertiary/aromatic N) is 2. The van der Waals surface area contributed by atoms with Crippen molar-refractivity contribution in [1.29, 1.82) is 0 Å². The highest BCUT2D eigenvalue weighted by Gasteiger charge is 2.08. The first kappa shape index (κ1) is 16.5. The summed E-state index contributed by atoms with van der Waals surface area (Å²) in [5, 5.41) is 4.14. The van der Waals surface area contributed by atoms with E-state index in [0.717, 1.165) is 16.5 Å². The van der Waals surface area contributed by atoms with E-state index in [1.165, 1.54) is 6.07 Å². The van der Waals surface area contributed by atoms with Gasteiger partial charge in [0.2, 0.25) is 0 Å². The van der Waals surface area contributed by atoms with Gasteiger partial charge in [-0.05, 0) is 36.8 Å². The van der Waals surface area contributed by atoms with Crippen molar-refractivity contribution in [1.82, 2.24) is 9.97 Å². The van der Waals surface area contributed by atoms with Crippen LogP contribution in [0.1, 0.15) is 18.3 Å². The zero-order chi connectivity index (χ0) is 16.9. The summed E-state index contributed by atoms with van der Waals surface area (Å²) in [6, 6.07) is 12.6. The molecule has 4 nitrogen and oxygen atoms in total. The summed E-state index contributed by atoms with van der Waals surface area (Å²) in [4.78, 5) is 8.83. The first-order valence-corrected chi connectivity index (χ1v) is 8.21. The van der Waals surface area contributed by atoms with Gasteiger partial charge < -0.3 is 10.1 Å². The standard InChI is InChI=1S/C18H17ClFN3O/c1-2-24-16-8-7-12(9-14(16)20)11-21-18-13-5-3-4-6-15(13)22-17(10-19)23-18/h3-9H,2,10-11H2,1H3,(H,21,22,23). The van der Waals surface area contributed by atoms with Crippen molar-refractivity contribution in [3.63, 3.8) is 0 Å². The van der Waals surface area contributed by atoms with Gasteiger partial charge in [-0.1, -0.05) is 18.2 Å². The van der Waals surface area contributed by atoms with Crippen molar-refractivity contribution in [3.8, 4) is 5.75 Å². The summed E-state index contributed by atoms with van der Waals surface area (Å²) in [5.74, 6) is 1.36. The van der Waals surface area contributed by atoms with Gasteiger partial charge in [0, 0.05) is 11.9 Å². The fourth-order valence-corrected chi connectivity index (χ4v) is 2.55. The Hall–Kier alpha value is -2.40. The molecule has 0 aliphatic carbocycles. The van der Waals surface area contributed by atoms with Gasteiger partial charge in [0.1, 0.15) is 11.6 Å². The monoisotopic (exact) mass is 345 g/mol. The molecule has 6 heteroatoms. The van der Waals surface area contributed by atoms with Crippen LogP contribution in [-0.4, -0.2) is 16.6 Å². The van der Waals surface area contributed by atoms with Crippen molar-refractivity contribution < 1.29 is 9.13 Å². The van der Waals surface area contributed by atoms with Crippen LogP contribution >= 0.6 is 11.6 Å². The fourth-order valence-electron chi connectivity index (χ4n) is 2.43. The topological polar surface area (TPSA) is 47.0 Å². The Morgan fingerprint density at radius 2 is 2.00 bits per heavy atom. The van der Waals surface area contributed by atoms with Crippen LogP contribution in [0.15, 0.2) is 42.5 Å².